The van der Waals surface area contributed by atoms with E-state index in [1.54, 1.807) is 0 Å². The van der Waals surface area contributed by atoms with Crippen molar-refractivity contribution in [1.82, 2.24) is 5.32 Å². The summed E-state index contributed by atoms with van der Waals surface area (Å²) in [5, 5.41) is 12.7. The molecule has 2 nitrogen and oxygen atoms in total. The van der Waals surface area contributed by atoms with Gasteiger partial charge in [-0.15, -0.1) is 0 Å². The first-order valence-electron chi connectivity index (χ1n) is 6.63. The quantitative estimate of drug-likeness (QED) is 0.711. The smallest absolute Gasteiger partial charge is 0.0524 e. The molecule has 0 aromatic rings. The minimum absolute atomic E-state index is 0.158. The summed E-state index contributed by atoms with van der Waals surface area (Å²) in [6, 6.07) is 0.719. The monoisotopic (exact) mass is 213 g/mol. The van der Waals surface area contributed by atoms with Crippen molar-refractivity contribution in [2.24, 2.45) is 5.92 Å². The molecule has 0 aromatic heterocycles. The van der Waals surface area contributed by atoms with Gasteiger partial charge in [0.15, 0.2) is 0 Å². The summed E-state index contributed by atoms with van der Waals surface area (Å²) in [6.07, 6.45) is 8.96. The number of aliphatic hydroxyl groups excluding tert-OH is 1. The Kier molecular flexibility index (Phi) is 6.26. The van der Waals surface area contributed by atoms with Crippen molar-refractivity contribution in [3.63, 3.8) is 0 Å². The van der Waals surface area contributed by atoms with E-state index in [0.29, 0.717) is 0 Å². The molecular formula is C13H27NO. The van der Waals surface area contributed by atoms with Gasteiger partial charge in [-0.1, -0.05) is 19.8 Å². The van der Waals surface area contributed by atoms with Crippen LogP contribution in [0.5, 0.6) is 0 Å². The molecule has 1 saturated carbocycles. The van der Waals surface area contributed by atoms with Crippen LogP contribution in [0.1, 0.15) is 58.8 Å². The summed E-state index contributed by atoms with van der Waals surface area (Å²) in [7, 11) is 0. The van der Waals surface area contributed by atoms with Crippen LogP contribution in [0.25, 0.3) is 0 Å². The van der Waals surface area contributed by atoms with E-state index in [2.05, 4.69) is 12.2 Å². The van der Waals surface area contributed by atoms with Crippen molar-refractivity contribution < 1.29 is 5.11 Å². The molecule has 0 aliphatic heterocycles. The molecule has 0 radical (unpaired) electrons. The molecule has 0 bridgehead atoms. The Morgan fingerprint density at radius 2 is 1.93 bits per heavy atom. The van der Waals surface area contributed by atoms with Crippen LogP contribution >= 0.6 is 0 Å². The first-order valence-corrected chi connectivity index (χ1v) is 6.63. The summed E-state index contributed by atoms with van der Waals surface area (Å²) in [4.78, 5) is 0. The Labute approximate surface area is 94.5 Å². The highest BCUT2D eigenvalue weighted by Gasteiger charge is 2.19. The summed E-state index contributed by atoms with van der Waals surface area (Å²) in [5.41, 5.74) is 0. The molecule has 0 amide bonds. The van der Waals surface area contributed by atoms with Crippen LogP contribution in [0, 0.1) is 5.92 Å². The second kappa shape index (κ2) is 7.24. The first kappa shape index (κ1) is 13.0. The average molecular weight is 213 g/mol. The third kappa shape index (κ3) is 5.53. The Morgan fingerprint density at radius 3 is 2.47 bits per heavy atom. The van der Waals surface area contributed by atoms with E-state index in [1.807, 2.05) is 6.92 Å². The molecule has 1 aliphatic rings. The molecule has 1 atom stereocenters. The fourth-order valence-electron chi connectivity index (χ4n) is 2.56. The zero-order chi connectivity index (χ0) is 11.1. The molecule has 15 heavy (non-hydrogen) atoms. The molecule has 1 unspecified atom stereocenters. The fourth-order valence-corrected chi connectivity index (χ4v) is 2.56. The van der Waals surface area contributed by atoms with Crippen molar-refractivity contribution in [2.75, 3.05) is 6.54 Å². The van der Waals surface area contributed by atoms with Crippen molar-refractivity contribution in [3.05, 3.63) is 0 Å². The Hall–Kier alpha value is -0.0800. The van der Waals surface area contributed by atoms with Crippen molar-refractivity contribution in [1.29, 1.82) is 0 Å². The van der Waals surface area contributed by atoms with Gasteiger partial charge in [0.1, 0.15) is 0 Å². The molecule has 0 spiro atoms. The Bertz CT molecular complexity index is 151. The molecule has 1 fully saturated rings. The molecule has 0 heterocycles. The van der Waals surface area contributed by atoms with Crippen LogP contribution in [0.3, 0.4) is 0 Å². The molecule has 1 rings (SSSR count). The van der Waals surface area contributed by atoms with Gasteiger partial charge in [-0.2, -0.15) is 0 Å². The molecular weight excluding hydrogens is 186 g/mol. The molecule has 90 valence electrons. The van der Waals surface area contributed by atoms with Crippen LogP contribution < -0.4 is 5.32 Å². The van der Waals surface area contributed by atoms with Crippen LogP contribution in [-0.4, -0.2) is 23.8 Å². The summed E-state index contributed by atoms with van der Waals surface area (Å²) >= 11 is 0. The maximum Gasteiger partial charge on any atom is 0.0524 e. The predicted molar refractivity (Wildman–Crippen MR) is 65.0 cm³/mol. The van der Waals surface area contributed by atoms with E-state index in [1.165, 1.54) is 38.5 Å². The number of nitrogens with one attached hydrogen (secondary N) is 1. The normalized spacial score (nSPS) is 29.0. The van der Waals surface area contributed by atoms with Crippen molar-refractivity contribution in [2.45, 2.75) is 70.9 Å². The summed E-state index contributed by atoms with van der Waals surface area (Å²) in [6.45, 7) is 5.12. The van der Waals surface area contributed by atoms with E-state index in [-0.39, 0.29) is 6.10 Å². The average Bonchev–Trinajstić information content (AvgIpc) is 2.20. The van der Waals surface area contributed by atoms with Gasteiger partial charge in [0.05, 0.1) is 6.10 Å². The van der Waals surface area contributed by atoms with Gasteiger partial charge in [-0.3, -0.25) is 0 Å². The van der Waals surface area contributed by atoms with Gasteiger partial charge in [-0.05, 0) is 51.5 Å². The number of aliphatic hydroxyl groups is 1. The predicted octanol–water partition coefficient (Wildman–Crippen LogP) is 2.71. The SMILES string of the molecule is CCCC1CCC(NCCC(C)O)CC1. The minimum atomic E-state index is -0.158. The zero-order valence-electron chi connectivity index (χ0n) is 10.3. The standard InChI is InChI=1S/C13H27NO/c1-3-4-12-5-7-13(8-6-12)14-10-9-11(2)15/h11-15H,3-10H2,1-2H3. The Balaban J connectivity index is 2.04. The van der Waals surface area contributed by atoms with Crippen LogP contribution in [-0.2, 0) is 0 Å². The second-order valence-corrected chi connectivity index (χ2v) is 5.10. The van der Waals surface area contributed by atoms with Gasteiger partial charge < -0.3 is 10.4 Å². The molecule has 0 aromatic carbocycles. The van der Waals surface area contributed by atoms with E-state index >= 15 is 0 Å². The lowest BCUT2D eigenvalue weighted by Gasteiger charge is -2.29. The van der Waals surface area contributed by atoms with Gasteiger partial charge in [0, 0.05) is 6.04 Å². The maximum absolute atomic E-state index is 9.15. The van der Waals surface area contributed by atoms with E-state index in [0.717, 1.165) is 24.9 Å². The van der Waals surface area contributed by atoms with E-state index in [9.17, 15) is 0 Å². The van der Waals surface area contributed by atoms with Crippen molar-refractivity contribution in [3.8, 4) is 0 Å². The summed E-state index contributed by atoms with van der Waals surface area (Å²) in [5.74, 6) is 0.991. The largest absolute Gasteiger partial charge is 0.393 e. The lowest BCUT2D eigenvalue weighted by molar-refractivity contribution is 0.179. The highest BCUT2D eigenvalue weighted by molar-refractivity contribution is 4.77. The van der Waals surface area contributed by atoms with Crippen LogP contribution in [0.15, 0.2) is 0 Å². The lowest BCUT2D eigenvalue weighted by Crippen LogP contribution is -2.34. The number of rotatable bonds is 6. The first-order chi connectivity index (χ1) is 7.22. The van der Waals surface area contributed by atoms with Gasteiger partial charge in [0.25, 0.3) is 0 Å². The van der Waals surface area contributed by atoms with E-state index in [4.69, 9.17) is 5.11 Å². The number of hydrogen-bond donors (Lipinski definition) is 2. The molecule has 2 N–H and O–H groups in total. The van der Waals surface area contributed by atoms with Gasteiger partial charge in [0.2, 0.25) is 0 Å². The minimum Gasteiger partial charge on any atom is -0.393 e. The van der Waals surface area contributed by atoms with Gasteiger partial charge >= 0.3 is 0 Å². The zero-order valence-corrected chi connectivity index (χ0v) is 10.3. The molecule has 1 aliphatic carbocycles. The summed E-state index contributed by atoms with van der Waals surface area (Å²) < 4.78 is 0. The highest BCUT2D eigenvalue weighted by atomic mass is 16.3. The topological polar surface area (TPSA) is 32.3 Å². The van der Waals surface area contributed by atoms with Crippen LogP contribution in [0.4, 0.5) is 0 Å². The fraction of sp³-hybridized carbons (Fsp3) is 1.00. The van der Waals surface area contributed by atoms with Crippen LogP contribution in [0.2, 0.25) is 0 Å². The third-order valence-corrected chi connectivity index (χ3v) is 3.54. The molecule has 2 heteroatoms. The Morgan fingerprint density at radius 1 is 1.27 bits per heavy atom. The van der Waals surface area contributed by atoms with Crippen molar-refractivity contribution >= 4 is 0 Å². The lowest BCUT2D eigenvalue weighted by atomic mass is 9.83. The second-order valence-electron chi connectivity index (χ2n) is 5.10. The highest BCUT2D eigenvalue weighted by Crippen LogP contribution is 2.27. The third-order valence-electron chi connectivity index (χ3n) is 3.54. The maximum atomic E-state index is 9.15. The molecule has 0 saturated heterocycles. The van der Waals surface area contributed by atoms with Gasteiger partial charge in [-0.25, -0.2) is 0 Å². The number of hydrogen-bond acceptors (Lipinski definition) is 2. The van der Waals surface area contributed by atoms with E-state index < -0.39 is 0 Å².